The minimum Gasteiger partial charge on any atom is -0.467 e. The number of alkyl carbamates (subject to hydrolysis) is 1. The summed E-state index contributed by atoms with van der Waals surface area (Å²) in [6.45, 7) is 8.15. The van der Waals surface area contributed by atoms with E-state index in [0.717, 1.165) is 7.11 Å². The Morgan fingerprint density at radius 3 is 2.27 bits per heavy atom. The van der Waals surface area contributed by atoms with E-state index >= 15 is 0 Å². The molecule has 0 aromatic heterocycles. The molecule has 12 atom stereocenters. The third-order valence-corrected chi connectivity index (χ3v) is 9.07. The van der Waals surface area contributed by atoms with Gasteiger partial charge in [-0.25, -0.2) is 14.4 Å². The molecule has 4 aliphatic rings. The van der Waals surface area contributed by atoms with Crippen LogP contribution in [0, 0.1) is 11.8 Å². The minimum atomic E-state index is -2.20. The van der Waals surface area contributed by atoms with E-state index in [4.69, 9.17) is 37.9 Å². The fraction of sp³-hybridized carbons (Fsp3) is 0.828. The molecule has 0 aliphatic carbocycles. The molecule has 0 saturated carbocycles. The Hall–Kier alpha value is -3.01. The predicted octanol–water partition coefficient (Wildman–Crippen LogP) is 0.908. The number of aliphatic hydroxyl groups is 1. The summed E-state index contributed by atoms with van der Waals surface area (Å²) in [6, 6.07) is -0.860. The van der Waals surface area contributed by atoms with E-state index in [1.807, 2.05) is 13.8 Å². The third kappa shape index (κ3) is 6.37. The number of aliphatic hydroxyl groups excluding tert-OH is 1. The fourth-order valence-electron chi connectivity index (χ4n) is 6.64. The zero-order chi connectivity index (χ0) is 32.6. The molecule has 15 nitrogen and oxygen atoms in total. The van der Waals surface area contributed by atoms with Crippen molar-refractivity contribution < 1.29 is 67.0 Å². The maximum atomic E-state index is 13.5. The van der Waals surface area contributed by atoms with E-state index in [1.165, 1.54) is 21.0 Å². The molecule has 4 saturated heterocycles. The lowest BCUT2D eigenvalue weighted by molar-refractivity contribution is -0.336. The Labute approximate surface area is 255 Å². The van der Waals surface area contributed by atoms with Gasteiger partial charge in [0.05, 0.1) is 39.2 Å². The summed E-state index contributed by atoms with van der Waals surface area (Å²) in [5.74, 6) is -5.76. The molecule has 4 aliphatic heterocycles. The molecule has 4 fully saturated rings. The molecule has 4 heterocycles. The maximum absolute atomic E-state index is 13.5. The van der Waals surface area contributed by atoms with E-state index in [1.54, 1.807) is 6.92 Å². The van der Waals surface area contributed by atoms with E-state index < -0.39 is 96.0 Å². The first kappa shape index (κ1) is 33.9. The van der Waals surface area contributed by atoms with E-state index in [2.05, 4.69) is 5.32 Å². The highest BCUT2D eigenvalue weighted by Gasteiger charge is 2.62. The van der Waals surface area contributed by atoms with E-state index in [0.29, 0.717) is 6.42 Å². The zero-order valence-electron chi connectivity index (χ0n) is 26.1. The van der Waals surface area contributed by atoms with Crippen LogP contribution in [0.5, 0.6) is 0 Å². The van der Waals surface area contributed by atoms with Crippen LogP contribution in [0.15, 0.2) is 0 Å². The van der Waals surface area contributed by atoms with E-state index in [9.17, 15) is 29.1 Å². The Morgan fingerprint density at radius 1 is 1.00 bits per heavy atom. The number of amides is 1. The number of fused-ring (bicyclic) bond motifs is 2. The highest BCUT2D eigenvalue weighted by molar-refractivity contribution is 5.80. The number of carbonyl (C=O) groups is 5. The van der Waals surface area contributed by atoms with Gasteiger partial charge in [0.2, 0.25) is 0 Å². The molecule has 4 rings (SSSR count). The van der Waals surface area contributed by atoms with Gasteiger partial charge in [0.15, 0.2) is 5.60 Å². The summed E-state index contributed by atoms with van der Waals surface area (Å²) in [4.78, 5) is 63.0. The second kappa shape index (κ2) is 13.2. The van der Waals surface area contributed by atoms with Gasteiger partial charge < -0.3 is 48.3 Å². The first-order valence-electron chi connectivity index (χ1n) is 14.9. The quantitative estimate of drug-likeness (QED) is 0.242. The van der Waals surface area contributed by atoms with Crippen LogP contribution in [-0.4, -0.2) is 109 Å². The van der Waals surface area contributed by atoms with Crippen molar-refractivity contribution in [2.24, 2.45) is 11.8 Å². The van der Waals surface area contributed by atoms with Crippen molar-refractivity contribution in [2.45, 2.75) is 127 Å². The molecule has 248 valence electrons. The third-order valence-electron chi connectivity index (χ3n) is 9.07. The summed E-state index contributed by atoms with van der Waals surface area (Å²) >= 11 is 0. The zero-order valence-corrected chi connectivity index (χ0v) is 26.1. The summed E-state index contributed by atoms with van der Waals surface area (Å²) in [7, 11) is 2.32. The number of ether oxygens (including phenoxy) is 8. The minimum absolute atomic E-state index is 0.0224. The van der Waals surface area contributed by atoms with Gasteiger partial charge in [0.25, 0.3) is 5.79 Å². The van der Waals surface area contributed by atoms with Crippen molar-refractivity contribution in [1.82, 2.24) is 5.32 Å². The SMILES string of the molecule is CC[C@@H](C)[C@@H](OC(C)=O)C1O[C@@](O[C@H](CC)[C@@H](O)C2O[C@](C)(C(=O)OC)C[C@H]3OC(=O)N[C@@H]23)(C(=O)OC)C[C@H]2OC(=O)C[C@@H]12. The average Bonchev–Trinajstić information content (AvgIpc) is 3.55. The Bertz CT molecular complexity index is 1130. The summed E-state index contributed by atoms with van der Waals surface area (Å²) in [6.07, 6.45) is -7.93. The number of carbonyl (C=O) groups excluding carboxylic acids is 5. The smallest absolute Gasteiger partial charge is 0.407 e. The summed E-state index contributed by atoms with van der Waals surface area (Å²) in [5.41, 5.74) is -1.57. The van der Waals surface area contributed by atoms with Crippen molar-refractivity contribution in [3.8, 4) is 0 Å². The number of hydrogen-bond donors (Lipinski definition) is 2. The van der Waals surface area contributed by atoms with Crippen LogP contribution < -0.4 is 5.32 Å². The first-order chi connectivity index (χ1) is 20.7. The van der Waals surface area contributed by atoms with Crippen LogP contribution in [0.2, 0.25) is 0 Å². The normalized spacial score (nSPS) is 37.2. The largest absolute Gasteiger partial charge is 0.467 e. The van der Waals surface area contributed by atoms with Crippen LogP contribution in [0.25, 0.3) is 0 Å². The van der Waals surface area contributed by atoms with Gasteiger partial charge in [0, 0.05) is 19.3 Å². The van der Waals surface area contributed by atoms with Gasteiger partial charge in [0.1, 0.15) is 36.6 Å². The maximum Gasteiger partial charge on any atom is 0.407 e. The molecule has 2 unspecified atom stereocenters. The molecule has 1 amide bonds. The number of nitrogens with one attached hydrogen (secondary N) is 1. The van der Waals surface area contributed by atoms with Crippen LogP contribution in [0.4, 0.5) is 4.79 Å². The van der Waals surface area contributed by atoms with Gasteiger partial charge in [-0.05, 0) is 25.7 Å². The highest BCUT2D eigenvalue weighted by Crippen LogP contribution is 2.46. The van der Waals surface area contributed by atoms with Crippen molar-refractivity contribution in [2.75, 3.05) is 14.2 Å². The lowest BCUT2D eigenvalue weighted by Gasteiger charge is -2.49. The molecule has 15 heteroatoms. The molecule has 0 spiro atoms. The van der Waals surface area contributed by atoms with Gasteiger partial charge in [-0.3, -0.25) is 9.59 Å². The number of hydrogen-bond acceptors (Lipinski definition) is 14. The molecule has 0 radical (unpaired) electrons. The van der Waals surface area contributed by atoms with Crippen molar-refractivity contribution >= 4 is 30.0 Å². The monoisotopic (exact) mass is 629 g/mol. The van der Waals surface area contributed by atoms with Crippen molar-refractivity contribution in [1.29, 1.82) is 0 Å². The van der Waals surface area contributed by atoms with Crippen molar-refractivity contribution in [3.05, 3.63) is 0 Å². The second-order valence-electron chi connectivity index (χ2n) is 12.1. The molecular weight excluding hydrogens is 586 g/mol. The summed E-state index contributed by atoms with van der Waals surface area (Å²) in [5, 5.41) is 14.4. The molecular formula is C29H43NO14. The van der Waals surface area contributed by atoms with Gasteiger partial charge in [-0.1, -0.05) is 20.8 Å². The Kier molecular flexibility index (Phi) is 10.1. The Morgan fingerprint density at radius 2 is 1.68 bits per heavy atom. The average molecular weight is 630 g/mol. The lowest BCUT2D eigenvalue weighted by Crippen LogP contribution is -2.65. The second-order valence-corrected chi connectivity index (χ2v) is 12.1. The number of methoxy groups -OCH3 is 2. The molecule has 0 aromatic carbocycles. The van der Waals surface area contributed by atoms with Crippen molar-refractivity contribution in [3.63, 3.8) is 0 Å². The fourth-order valence-corrected chi connectivity index (χ4v) is 6.64. The molecule has 2 N–H and O–H groups in total. The van der Waals surface area contributed by atoms with Gasteiger partial charge >= 0.3 is 30.0 Å². The highest BCUT2D eigenvalue weighted by atomic mass is 16.7. The van der Waals surface area contributed by atoms with Crippen LogP contribution in [0.3, 0.4) is 0 Å². The Balaban J connectivity index is 1.70. The van der Waals surface area contributed by atoms with Gasteiger partial charge in [-0.2, -0.15) is 0 Å². The van der Waals surface area contributed by atoms with Gasteiger partial charge in [-0.15, -0.1) is 0 Å². The molecule has 0 aromatic rings. The number of rotatable bonds is 11. The first-order valence-corrected chi connectivity index (χ1v) is 14.9. The van der Waals surface area contributed by atoms with Crippen LogP contribution in [0.1, 0.15) is 66.7 Å². The number of esters is 4. The standard InChI is InChI=1S/C29H43NO14/c1-8-13(3)22(39-14(4)31)23-15-10-19(32)40-17(15)12-29(44-23,26(35)38-7)42-16(9-2)21(33)24-20-18(41-27(36)30-20)11-28(5,43-24)25(34)37-6/h13,15-18,20-24,33H,8-12H2,1-7H3,(H,30,36)/t13-,15-,16-,17-,18-,20-,21-,22-,23?,24?,28+,29-/m1/s1. The summed E-state index contributed by atoms with van der Waals surface area (Å²) < 4.78 is 45.5. The van der Waals surface area contributed by atoms with Crippen LogP contribution >= 0.6 is 0 Å². The molecule has 44 heavy (non-hydrogen) atoms. The lowest BCUT2D eigenvalue weighted by atomic mass is 9.80. The predicted molar refractivity (Wildman–Crippen MR) is 146 cm³/mol. The molecule has 0 bridgehead atoms. The topological polar surface area (TPSA) is 191 Å². The van der Waals surface area contributed by atoms with Crippen LogP contribution in [-0.2, 0) is 57.1 Å². The van der Waals surface area contributed by atoms with E-state index in [-0.39, 0.29) is 31.6 Å².